The highest BCUT2D eigenvalue weighted by atomic mass is 35.5. The summed E-state index contributed by atoms with van der Waals surface area (Å²) in [7, 11) is -3.54. The zero-order valence-corrected chi connectivity index (χ0v) is 19.5. The summed E-state index contributed by atoms with van der Waals surface area (Å²) in [5, 5.41) is 3.35. The minimum atomic E-state index is -3.54. The van der Waals surface area contributed by atoms with Crippen molar-refractivity contribution in [2.75, 3.05) is 22.5 Å². The molecule has 3 aromatic carbocycles. The van der Waals surface area contributed by atoms with E-state index in [9.17, 15) is 13.2 Å². The first-order valence-corrected chi connectivity index (χ1v) is 12.3. The van der Waals surface area contributed by atoms with Gasteiger partial charge in [0.15, 0.2) is 6.61 Å². The van der Waals surface area contributed by atoms with Gasteiger partial charge < -0.3 is 10.1 Å². The SMILES string of the molecule is CCc1ccccc1NC(=O)COc1ccc(N(Cc2ccccc2Cl)S(C)(=O)=O)cc1. The summed E-state index contributed by atoms with van der Waals surface area (Å²) in [5.41, 5.74) is 2.98. The number of carbonyl (C=O) groups is 1. The second-order valence-electron chi connectivity index (χ2n) is 7.20. The number of nitrogens with zero attached hydrogens (tertiary/aromatic N) is 1. The number of aryl methyl sites for hydroxylation is 1. The first kappa shape index (κ1) is 23.6. The zero-order valence-electron chi connectivity index (χ0n) is 17.9. The molecule has 6 nitrogen and oxygen atoms in total. The van der Waals surface area contributed by atoms with E-state index in [4.69, 9.17) is 16.3 Å². The van der Waals surface area contributed by atoms with E-state index in [0.29, 0.717) is 22.0 Å². The van der Waals surface area contributed by atoms with Crippen molar-refractivity contribution in [3.05, 3.63) is 88.9 Å². The summed E-state index contributed by atoms with van der Waals surface area (Å²) in [6, 6.07) is 21.3. The monoisotopic (exact) mass is 472 g/mol. The molecule has 0 spiro atoms. The number of hydrogen-bond donors (Lipinski definition) is 1. The van der Waals surface area contributed by atoms with Crippen LogP contribution in [-0.2, 0) is 27.8 Å². The Morgan fingerprint density at radius 2 is 1.59 bits per heavy atom. The molecule has 0 heterocycles. The molecule has 0 unspecified atom stereocenters. The van der Waals surface area contributed by atoms with E-state index in [1.165, 1.54) is 4.31 Å². The highest BCUT2D eigenvalue weighted by Gasteiger charge is 2.19. The Labute approximate surface area is 193 Å². The molecule has 0 aliphatic heterocycles. The van der Waals surface area contributed by atoms with Crippen molar-refractivity contribution < 1.29 is 17.9 Å². The van der Waals surface area contributed by atoms with Crippen molar-refractivity contribution in [2.45, 2.75) is 19.9 Å². The minimum absolute atomic E-state index is 0.109. The van der Waals surface area contributed by atoms with E-state index < -0.39 is 10.0 Å². The second kappa shape index (κ2) is 10.5. The number of sulfonamides is 1. The summed E-state index contributed by atoms with van der Waals surface area (Å²) in [6.45, 7) is 1.97. The normalized spacial score (nSPS) is 11.1. The maximum absolute atomic E-state index is 12.4. The van der Waals surface area contributed by atoms with E-state index in [1.54, 1.807) is 42.5 Å². The standard InChI is InChI=1S/C24H25ClN2O4S/c1-3-18-8-5-7-11-23(18)26-24(28)17-31-21-14-12-20(13-15-21)27(32(2,29)30)16-19-9-4-6-10-22(19)25/h4-15H,3,16-17H2,1-2H3,(H,26,28). The molecule has 0 bridgehead atoms. The Kier molecular flexibility index (Phi) is 7.77. The minimum Gasteiger partial charge on any atom is -0.484 e. The number of benzene rings is 3. The highest BCUT2D eigenvalue weighted by Crippen LogP contribution is 2.26. The molecule has 8 heteroatoms. The number of rotatable bonds is 9. The van der Waals surface area contributed by atoms with Crippen molar-refractivity contribution >= 4 is 38.9 Å². The molecule has 1 N–H and O–H groups in total. The van der Waals surface area contributed by atoms with Crippen LogP contribution in [-0.4, -0.2) is 27.2 Å². The van der Waals surface area contributed by atoms with Gasteiger partial charge in [-0.3, -0.25) is 9.10 Å². The van der Waals surface area contributed by atoms with E-state index in [-0.39, 0.29) is 19.1 Å². The maximum atomic E-state index is 12.4. The lowest BCUT2D eigenvalue weighted by molar-refractivity contribution is -0.118. The molecule has 0 radical (unpaired) electrons. The Morgan fingerprint density at radius 1 is 0.969 bits per heavy atom. The number of carbonyl (C=O) groups excluding carboxylic acids is 1. The van der Waals surface area contributed by atoms with Crippen LogP contribution in [0.15, 0.2) is 72.8 Å². The van der Waals surface area contributed by atoms with Gasteiger partial charge in [-0.2, -0.15) is 0 Å². The molecule has 168 valence electrons. The molecular weight excluding hydrogens is 448 g/mol. The third kappa shape index (κ3) is 6.24. The molecule has 0 saturated heterocycles. The van der Waals surface area contributed by atoms with Crippen LogP contribution in [0.25, 0.3) is 0 Å². The van der Waals surface area contributed by atoms with Crippen molar-refractivity contribution in [3.8, 4) is 5.75 Å². The average molecular weight is 473 g/mol. The molecule has 0 aliphatic rings. The lowest BCUT2D eigenvalue weighted by Crippen LogP contribution is -2.29. The summed E-state index contributed by atoms with van der Waals surface area (Å²) in [6.07, 6.45) is 1.95. The van der Waals surface area contributed by atoms with Gasteiger partial charge in [0.1, 0.15) is 5.75 Å². The number of anilines is 2. The van der Waals surface area contributed by atoms with Gasteiger partial charge in [-0.25, -0.2) is 8.42 Å². The summed E-state index contributed by atoms with van der Waals surface area (Å²) < 4.78 is 31.6. The van der Waals surface area contributed by atoms with Gasteiger partial charge in [-0.15, -0.1) is 0 Å². The fraction of sp³-hybridized carbons (Fsp3) is 0.208. The molecule has 1 amide bonds. The van der Waals surface area contributed by atoms with Crippen molar-refractivity contribution in [1.29, 1.82) is 0 Å². The number of amides is 1. The van der Waals surface area contributed by atoms with Gasteiger partial charge in [0, 0.05) is 10.7 Å². The van der Waals surface area contributed by atoms with Crippen molar-refractivity contribution in [2.24, 2.45) is 0 Å². The summed E-state index contributed by atoms with van der Waals surface area (Å²) in [5.74, 6) is 0.185. The first-order valence-electron chi connectivity index (χ1n) is 10.1. The van der Waals surface area contributed by atoms with Crippen LogP contribution in [0.3, 0.4) is 0 Å². The van der Waals surface area contributed by atoms with Gasteiger partial charge in [0.2, 0.25) is 10.0 Å². The molecule has 0 aliphatic carbocycles. The van der Waals surface area contributed by atoms with Crippen LogP contribution < -0.4 is 14.4 Å². The van der Waals surface area contributed by atoms with Crippen LogP contribution in [0.5, 0.6) is 5.75 Å². The van der Waals surface area contributed by atoms with Crippen LogP contribution in [0.4, 0.5) is 11.4 Å². The third-order valence-electron chi connectivity index (χ3n) is 4.84. The fourth-order valence-corrected chi connectivity index (χ4v) is 4.25. The summed E-state index contributed by atoms with van der Waals surface area (Å²) >= 11 is 6.20. The third-order valence-corrected chi connectivity index (χ3v) is 6.35. The van der Waals surface area contributed by atoms with E-state index >= 15 is 0 Å². The molecule has 0 fully saturated rings. The number of nitrogens with one attached hydrogen (secondary N) is 1. The lowest BCUT2D eigenvalue weighted by atomic mass is 10.1. The Morgan fingerprint density at radius 3 is 2.22 bits per heavy atom. The predicted molar refractivity (Wildman–Crippen MR) is 129 cm³/mol. The lowest BCUT2D eigenvalue weighted by Gasteiger charge is -2.23. The fourth-order valence-electron chi connectivity index (χ4n) is 3.18. The Hall–Kier alpha value is -3.03. The summed E-state index contributed by atoms with van der Waals surface area (Å²) in [4.78, 5) is 12.3. The van der Waals surface area contributed by atoms with Gasteiger partial charge >= 0.3 is 0 Å². The zero-order chi connectivity index (χ0) is 23.1. The smallest absolute Gasteiger partial charge is 0.262 e. The van der Waals surface area contributed by atoms with Crippen molar-refractivity contribution in [3.63, 3.8) is 0 Å². The molecule has 0 atom stereocenters. The van der Waals surface area contributed by atoms with E-state index in [2.05, 4.69) is 5.32 Å². The topological polar surface area (TPSA) is 75.7 Å². The number of halogens is 1. The van der Waals surface area contributed by atoms with E-state index in [0.717, 1.165) is 23.9 Å². The van der Waals surface area contributed by atoms with Gasteiger partial charge in [-0.1, -0.05) is 54.9 Å². The number of ether oxygens (including phenoxy) is 1. The van der Waals surface area contributed by atoms with Crippen molar-refractivity contribution in [1.82, 2.24) is 0 Å². The van der Waals surface area contributed by atoms with Gasteiger partial charge in [0.05, 0.1) is 18.5 Å². The van der Waals surface area contributed by atoms with Gasteiger partial charge in [0.25, 0.3) is 5.91 Å². The van der Waals surface area contributed by atoms with Crippen LogP contribution in [0.1, 0.15) is 18.1 Å². The van der Waals surface area contributed by atoms with Crippen LogP contribution in [0, 0.1) is 0 Å². The Balaban J connectivity index is 1.66. The largest absolute Gasteiger partial charge is 0.484 e. The molecular formula is C24H25ClN2O4S. The number of para-hydroxylation sites is 1. The highest BCUT2D eigenvalue weighted by molar-refractivity contribution is 7.92. The average Bonchev–Trinajstić information content (AvgIpc) is 2.77. The molecule has 3 aromatic rings. The second-order valence-corrected chi connectivity index (χ2v) is 9.52. The van der Waals surface area contributed by atoms with E-state index in [1.807, 2.05) is 37.3 Å². The van der Waals surface area contributed by atoms with Gasteiger partial charge in [-0.05, 0) is 53.9 Å². The van der Waals surface area contributed by atoms with Crippen LogP contribution in [0.2, 0.25) is 5.02 Å². The molecule has 0 saturated carbocycles. The predicted octanol–water partition coefficient (Wildman–Crippen LogP) is 4.89. The molecule has 0 aromatic heterocycles. The number of hydrogen-bond acceptors (Lipinski definition) is 4. The maximum Gasteiger partial charge on any atom is 0.262 e. The van der Waals surface area contributed by atoms with Crippen LogP contribution >= 0.6 is 11.6 Å². The molecule has 3 rings (SSSR count). The Bertz CT molecular complexity index is 1180. The molecule has 32 heavy (non-hydrogen) atoms. The first-order chi connectivity index (χ1) is 15.3. The quantitative estimate of drug-likeness (QED) is 0.481.